The lowest BCUT2D eigenvalue weighted by molar-refractivity contribution is 0.127. The molecule has 1 aromatic rings. The van der Waals surface area contributed by atoms with Crippen LogP contribution in [0.25, 0.3) is 0 Å². The number of hydrogen-bond donors (Lipinski definition) is 1. The predicted octanol–water partition coefficient (Wildman–Crippen LogP) is 2.19. The molecule has 0 aliphatic carbocycles. The largest absolute Gasteiger partial charge is 0.395 e. The van der Waals surface area contributed by atoms with E-state index < -0.39 is 0 Å². The van der Waals surface area contributed by atoms with Crippen molar-refractivity contribution in [3.63, 3.8) is 0 Å². The van der Waals surface area contributed by atoms with E-state index in [1.54, 1.807) is 0 Å². The van der Waals surface area contributed by atoms with Crippen molar-refractivity contribution in [2.24, 2.45) is 0 Å². The quantitative estimate of drug-likeness (QED) is 0.885. The zero-order valence-corrected chi connectivity index (χ0v) is 12.6. The number of aryl methyl sites for hydroxylation is 2. The highest BCUT2D eigenvalue weighted by atomic mass is 16.3. The third-order valence-electron chi connectivity index (χ3n) is 4.44. The molecule has 106 valence electrons. The maximum absolute atomic E-state index is 9.62. The van der Waals surface area contributed by atoms with Crippen molar-refractivity contribution in [1.29, 1.82) is 0 Å². The van der Waals surface area contributed by atoms with Crippen LogP contribution >= 0.6 is 0 Å². The van der Waals surface area contributed by atoms with Crippen molar-refractivity contribution < 1.29 is 5.11 Å². The average Bonchev–Trinajstić information content (AvgIpc) is 2.54. The van der Waals surface area contributed by atoms with Crippen LogP contribution in [0, 0.1) is 13.8 Å². The van der Waals surface area contributed by atoms with Gasteiger partial charge in [-0.15, -0.1) is 0 Å². The summed E-state index contributed by atoms with van der Waals surface area (Å²) in [5, 5.41) is 9.62. The third kappa shape index (κ3) is 3.10. The highest BCUT2D eigenvalue weighted by Crippen LogP contribution is 2.25. The monoisotopic (exact) mass is 262 g/mol. The Kier molecular flexibility index (Phi) is 4.48. The molecule has 1 aliphatic heterocycles. The van der Waals surface area contributed by atoms with Crippen LogP contribution in [0.15, 0.2) is 18.2 Å². The van der Waals surface area contributed by atoms with E-state index in [1.807, 2.05) is 0 Å². The molecule has 1 N–H and O–H groups in total. The summed E-state index contributed by atoms with van der Waals surface area (Å²) in [7, 11) is 2.12. The second-order valence-electron chi connectivity index (χ2n) is 5.88. The number of aliphatic hydroxyl groups excluding tert-OH is 1. The Hall–Kier alpha value is -1.06. The van der Waals surface area contributed by atoms with Gasteiger partial charge in [0.25, 0.3) is 0 Å². The lowest BCUT2D eigenvalue weighted by Crippen LogP contribution is -2.44. The summed E-state index contributed by atoms with van der Waals surface area (Å²) in [6.07, 6.45) is 1.14. The number of likely N-dealkylation sites (N-methyl/N-ethyl adjacent to an activating group) is 1. The molecule has 0 saturated carbocycles. The van der Waals surface area contributed by atoms with Gasteiger partial charge in [-0.2, -0.15) is 0 Å². The number of nitrogens with zero attached hydrogens (tertiary/aromatic N) is 2. The molecule has 0 spiro atoms. The summed E-state index contributed by atoms with van der Waals surface area (Å²) in [5.41, 5.74) is 3.94. The van der Waals surface area contributed by atoms with Crippen LogP contribution in [-0.2, 0) is 0 Å². The SMILES string of the molecule is Cc1ccc(C)c(N2CCC(C)N(C)C(CO)C2)c1. The van der Waals surface area contributed by atoms with Gasteiger partial charge in [0, 0.05) is 24.8 Å². The van der Waals surface area contributed by atoms with E-state index in [1.165, 1.54) is 16.8 Å². The van der Waals surface area contributed by atoms with Gasteiger partial charge in [-0.3, -0.25) is 4.90 Å². The fourth-order valence-corrected chi connectivity index (χ4v) is 2.85. The Bertz CT molecular complexity index is 433. The first-order valence-corrected chi connectivity index (χ1v) is 7.18. The molecular formula is C16H26N2O. The van der Waals surface area contributed by atoms with Gasteiger partial charge < -0.3 is 10.0 Å². The van der Waals surface area contributed by atoms with Gasteiger partial charge in [-0.1, -0.05) is 12.1 Å². The first-order valence-electron chi connectivity index (χ1n) is 7.18. The number of hydrogen-bond acceptors (Lipinski definition) is 3. The minimum Gasteiger partial charge on any atom is -0.395 e. The molecule has 1 aromatic carbocycles. The lowest BCUT2D eigenvalue weighted by atomic mass is 10.1. The van der Waals surface area contributed by atoms with E-state index in [9.17, 15) is 5.11 Å². The van der Waals surface area contributed by atoms with Crippen LogP contribution in [0.4, 0.5) is 5.69 Å². The van der Waals surface area contributed by atoms with E-state index in [2.05, 4.69) is 55.8 Å². The fraction of sp³-hybridized carbons (Fsp3) is 0.625. The summed E-state index contributed by atoms with van der Waals surface area (Å²) in [4.78, 5) is 4.74. The van der Waals surface area contributed by atoms with Crippen molar-refractivity contribution in [1.82, 2.24) is 4.90 Å². The maximum atomic E-state index is 9.62. The van der Waals surface area contributed by atoms with Gasteiger partial charge in [0.05, 0.1) is 12.6 Å². The molecule has 0 bridgehead atoms. The van der Waals surface area contributed by atoms with Gasteiger partial charge in [-0.25, -0.2) is 0 Å². The van der Waals surface area contributed by atoms with Gasteiger partial charge in [-0.05, 0) is 51.4 Å². The van der Waals surface area contributed by atoms with Gasteiger partial charge >= 0.3 is 0 Å². The zero-order chi connectivity index (χ0) is 14.0. The molecule has 0 radical (unpaired) electrons. The molecule has 2 rings (SSSR count). The number of anilines is 1. The van der Waals surface area contributed by atoms with Gasteiger partial charge in [0.1, 0.15) is 0 Å². The summed E-state index contributed by atoms with van der Waals surface area (Å²) in [5.74, 6) is 0. The third-order valence-corrected chi connectivity index (χ3v) is 4.44. The summed E-state index contributed by atoms with van der Waals surface area (Å²) >= 11 is 0. The van der Waals surface area contributed by atoms with E-state index in [0.29, 0.717) is 6.04 Å². The summed E-state index contributed by atoms with van der Waals surface area (Å²) in [6, 6.07) is 7.36. The van der Waals surface area contributed by atoms with Crippen molar-refractivity contribution in [3.8, 4) is 0 Å². The Labute approximate surface area is 116 Å². The van der Waals surface area contributed by atoms with Crippen molar-refractivity contribution in [2.75, 3.05) is 31.6 Å². The summed E-state index contributed by atoms with van der Waals surface area (Å²) in [6.45, 7) is 8.74. The molecule has 1 aliphatic rings. The number of rotatable bonds is 2. The molecule has 1 saturated heterocycles. The highest BCUT2D eigenvalue weighted by molar-refractivity contribution is 5.55. The van der Waals surface area contributed by atoms with Crippen molar-refractivity contribution in [2.45, 2.75) is 39.3 Å². The Balaban J connectivity index is 2.26. The molecule has 0 aromatic heterocycles. The van der Waals surface area contributed by atoms with Crippen LogP contribution in [-0.4, -0.2) is 48.8 Å². The van der Waals surface area contributed by atoms with Crippen LogP contribution in [0.3, 0.4) is 0 Å². The van der Waals surface area contributed by atoms with Gasteiger partial charge in [0.15, 0.2) is 0 Å². The van der Waals surface area contributed by atoms with E-state index in [0.717, 1.165) is 19.5 Å². The van der Waals surface area contributed by atoms with Gasteiger partial charge in [0.2, 0.25) is 0 Å². The summed E-state index contributed by atoms with van der Waals surface area (Å²) < 4.78 is 0. The van der Waals surface area contributed by atoms with Crippen LogP contribution in [0.1, 0.15) is 24.5 Å². The molecule has 3 nitrogen and oxygen atoms in total. The molecule has 2 unspecified atom stereocenters. The molecule has 19 heavy (non-hydrogen) atoms. The lowest BCUT2D eigenvalue weighted by Gasteiger charge is -2.31. The van der Waals surface area contributed by atoms with E-state index >= 15 is 0 Å². The van der Waals surface area contributed by atoms with Crippen LogP contribution in [0.2, 0.25) is 0 Å². The van der Waals surface area contributed by atoms with E-state index in [4.69, 9.17) is 0 Å². The Morgan fingerprint density at radius 1 is 1.32 bits per heavy atom. The van der Waals surface area contributed by atoms with E-state index in [-0.39, 0.29) is 12.6 Å². The van der Waals surface area contributed by atoms with Crippen LogP contribution in [0.5, 0.6) is 0 Å². The standard InChI is InChI=1S/C16H26N2O/c1-12-5-6-13(2)16(9-12)18-8-7-14(3)17(4)15(10-18)11-19/h5-6,9,14-15,19H,7-8,10-11H2,1-4H3. The minimum absolute atomic E-state index is 0.220. The molecule has 1 heterocycles. The smallest absolute Gasteiger partial charge is 0.0604 e. The Morgan fingerprint density at radius 2 is 2.05 bits per heavy atom. The minimum atomic E-state index is 0.220. The maximum Gasteiger partial charge on any atom is 0.0604 e. The second kappa shape index (κ2) is 5.93. The molecule has 2 atom stereocenters. The fourth-order valence-electron chi connectivity index (χ4n) is 2.85. The first-order chi connectivity index (χ1) is 9.02. The second-order valence-corrected chi connectivity index (χ2v) is 5.88. The highest BCUT2D eigenvalue weighted by Gasteiger charge is 2.26. The number of aliphatic hydroxyl groups is 1. The van der Waals surface area contributed by atoms with Crippen molar-refractivity contribution >= 4 is 5.69 Å². The molecular weight excluding hydrogens is 236 g/mol. The molecule has 1 fully saturated rings. The topological polar surface area (TPSA) is 26.7 Å². The van der Waals surface area contributed by atoms with Crippen LogP contribution < -0.4 is 4.90 Å². The first kappa shape index (κ1) is 14.4. The normalized spacial score (nSPS) is 25.4. The molecule has 3 heteroatoms. The van der Waals surface area contributed by atoms with Crippen molar-refractivity contribution in [3.05, 3.63) is 29.3 Å². The Morgan fingerprint density at radius 3 is 2.74 bits per heavy atom. The average molecular weight is 262 g/mol. The predicted molar refractivity (Wildman–Crippen MR) is 80.8 cm³/mol. The zero-order valence-electron chi connectivity index (χ0n) is 12.6. The molecule has 0 amide bonds. The number of benzene rings is 1.